The van der Waals surface area contributed by atoms with Crippen LogP contribution in [0.25, 0.3) is 21.3 Å². The number of nitrogens with one attached hydrogen (secondary N) is 1. The predicted molar refractivity (Wildman–Crippen MR) is 123 cm³/mol. The second-order valence-corrected chi connectivity index (χ2v) is 8.85. The fourth-order valence-corrected chi connectivity index (χ4v) is 4.93. The highest BCUT2D eigenvalue weighted by Gasteiger charge is 2.15. The maximum atomic E-state index is 12.5. The molecule has 0 fully saturated rings. The Morgan fingerprint density at radius 1 is 1.14 bits per heavy atom. The topological polar surface area (TPSA) is 54.9 Å². The van der Waals surface area contributed by atoms with Crippen LogP contribution >= 0.6 is 34.7 Å². The third kappa shape index (κ3) is 4.29. The minimum absolute atomic E-state index is 0.0979. The minimum atomic E-state index is -0.0979. The summed E-state index contributed by atoms with van der Waals surface area (Å²) >= 11 is 9.14. The number of hydrogen-bond donors (Lipinski definition) is 1. The maximum absolute atomic E-state index is 12.5. The number of aromatic nitrogens is 2. The lowest BCUT2D eigenvalue weighted by atomic mass is 10.1. The number of halogens is 1. The lowest BCUT2D eigenvalue weighted by Gasteiger charge is -2.10. The van der Waals surface area contributed by atoms with Gasteiger partial charge < -0.3 is 5.32 Å². The number of hydrogen-bond acceptors (Lipinski definition) is 5. The van der Waals surface area contributed by atoms with Crippen molar-refractivity contribution in [1.82, 2.24) is 9.97 Å². The highest BCUT2D eigenvalue weighted by atomic mass is 35.5. The molecule has 1 amide bonds. The van der Waals surface area contributed by atoms with Crippen LogP contribution in [-0.4, -0.2) is 21.6 Å². The van der Waals surface area contributed by atoms with Gasteiger partial charge in [-0.1, -0.05) is 59.3 Å². The first-order valence-corrected chi connectivity index (χ1v) is 11.2. The van der Waals surface area contributed by atoms with Crippen molar-refractivity contribution in [3.63, 3.8) is 0 Å². The highest BCUT2D eigenvalue weighted by molar-refractivity contribution is 8.00. The number of carbonyl (C=O) groups is 1. The van der Waals surface area contributed by atoms with Gasteiger partial charge in [0.1, 0.15) is 16.2 Å². The van der Waals surface area contributed by atoms with Gasteiger partial charge in [0, 0.05) is 21.7 Å². The van der Waals surface area contributed by atoms with E-state index >= 15 is 0 Å². The zero-order valence-electron chi connectivity index (χ0n) is 15.9. The molecule has 0 unspecified atom stereocenters. The number of aryl methyl sites for hydroxylation is 1. The van der Waals surface area contributed by atoms with Crippen LogP contribution in [0, 0.1) is 13.8 Å². The molecule has 2 heterocycles. The molecular weight excluding hydrogens is 422 g/mol. The van der Waals surface area contributed by atoms with Crippen molar-refractivity contribution in [2.75, 3.05) is 11.1 Å². The lowest BCUT2D eigenvalue weighted by molar-refractivity contribution is -0.113. The Bertz CT molecular complexity index is 1190. The smallest absolute Gasteiger partial charge is 0.234 e. The average Bonchev–Trinajstić information content (AvgIpc) is 3.15. The molecule has 4 nitrogen and oxygen atoms in total. The molecule has 7 heteroatoms. The molecule has 0 saturated heterocycles. The fourth-order valence-electron chi connectivity index (χ4n) is 2.97. The van der Waals surface area contributed by atoms with Crippen LogP contribution in [-0.2, 0) is 4.79 Å². The second-order valence-electron chi connectivity index (χ2n) is 6.62. The molecule has 0 radical (unpaired) electrons. The van der Waals surface area contributed by atoms with Crippen LogP contribution in [0.1, 0.15) is 11.1 Å². The van der Waals surface area contributed by atoms with Crippen LogP contribution in [0.3, 0.4) is 0 Å². The van der Waals surface area contributed by atoms with Gasteiger partial charge in [0.05, 0.1) is 11.1 Å². The second kappa shape index (κ2) is 8.53. The summed E-state index contributed by atoms with van der Waals surface area (Å²) in [4.78, 5) is 22.3. The normalized spacial score (nSPS) is 11.0. The fraction of sp³-hybridized carbons (Fsp3) is 0.136. The van der Waals surface area contributed by atoms with E-state index in [0.717, 1.165) is 37.6 Å². The number of thioether (sulfide) groups is 1. The summed E-state index contributed by atoms with van der Waals surface area (Å²) in [5.41, 5.74) is 5.02. The van der Waals surface area contributed by atoms with E-state index in [9.17, 15) is 4.79 Å². The minimum Gasteiger partial charge on any atom is -0.325 e. The third-order valence-electron chi connectivity index (χ3n) is 4.58. The molecule has 0 aliphatic carbocycles. The zero-order valence-corrected chi connectivity index (χ0v) is 18.3. The lowest BCUT2D eigenvalue weighted by Crippen LogP contribution is -2.15. The molecule has 1 N–H and O–H groups in total. The standard InChI is InChI=1S/C22H18ClN3OS2/c1-13-6-8-15(9-7-13)16-10-28-21-20(16)22(25-12-24-21)29-11-19(27)26-18-5-3-4-17(23)14(18)2/h3-10,12H,11H2,1-2H3,(H,26,27). The van der Waals surface area contributed by atoms with Crippen LogP contribution in [0.2, 0.25) is 5.02 Å². The molecule has 2 aromatic carbocycles. The molecule has 0 spiro atoms. The Labute approximate surface area is 182 Å². The number of nitrogens with zero attached hydrogens (tertiary/aromatic N) is 2. The molecule has 2 aromatic heterocycles. The summed E-state index contributed by atoms with van der Waals surface area (Å²) in [6, 6.07) is 13.9. The molecular formula is C22H18ClN3OS2. The number of benzene rings is 2. The van der Waals surface area contributed by atoms with Gasteiger partial charge in [-0.3, -0.25) is 4.79 Å². The summed E-state index contributed by atoms with van der Waals surface area (Å²) in [7, 11) is 0. The van der Waals surface area contributed by atoms with Gasteiger partial charge in [0.2, 0.25) is 5.91 Å². The quantitative estimate of drug-likeness (QED) is 0.290. The highest BCUT2D eigenvalue weighted by Crippen LogP contribution is 2.38. The van der Waals surface area contributed by atoms with Gasteiger partial charge in [0.25, 0.3) is 0 Å². The van der Waals surface area contributed by atoms with E-state index in [4.69, 9.17) is 11.6 Å². The summed E-state index contributed by atoms with van der Waals surface area (Å²) in [6.07, 6.45) is 1.55. The largest absolute Gasteiger partial charge is 0.325 e. The van der Waals surface area contributed by atoms with E-state index in [1.165, 1.54) is 17.3 Å². The first-order chi connectivity index (χ1) is 14.0. The molecule has 0 aliphatic heterocycles. The van der Waals surface area contributed by atoms with Crippen LogP contribution in [0.15, 0.2) is 59.2 Å². The molecule has 29 heavy (non-hydrogen) atoms. The summed E-state index contributed by atoms with van der Waals surface area (Å²) in [5, 5.41) is 7.47. The predicted octanol–water partition coefficient (Wildman–Crippen LogP) is 6.36. The number of anilines is 1. The Balaban J connectivity index is 1.56. The van der Waals surface area contributed by atoms with Crippen LogP contribution in [0.4, 0.5) is 5.69 Å². The summed E-state index contributed by atoms with van der Waals surface area (Å²) in [5.74, 6) is 0.153. The van der Waals surface area contributed by atoms with E-state index in [0.29, 0.717) is 5.02 Å². The average molecular weight is 440 g/mol. The van der Waals surface area contributed by atoms with Crippen molar-refractivity contribution in [2.45, 2.75) is 18.9 Å². The number of thiophene rings is 1. The van der Waals surface area contributed by atoms with Crippen LogP contribution in [0.5, 0.6) is 0 Å². The van der Waals surface area contributed by atoms with Crippen molar-refractivity contribution in [3.05, 3.63) is 70.3 Å². The molecule has 146 valence electrons. The summed E-state index contributed by atoms with van der Waals surface area (Å²) < 4.78 is 0. The van der Waals surface area contributed by atoms with Crippen molar-refractivity contribution in [2.24, 2.45) is 0 Å². The van der Waals surface area contributed by atoms with E-state index in [-0.39, 0.29) is 11.7 Å². The van der Waals surface area contributed by atoms with Gasteiger partial charge in [-0.2, -0.15) is 0 Å². The Morgan fingerprint density at radius 2 is 1.93 bits per heavy atom. The number of carbonyl (C=O) groups excluding carboxylic acids is 1. The SMILES string of the molecule is Cc1ccc(-c2csc3ncnc(SCC(=O)Nc4cccc(Cl)c4C)c23)cc1. The molecule has 0 aliphatic rings. The molecule has 0 saturated carbocycles. The Hall–Kier alpha value is -2.41. The van der Waals surface area contributed by atoms with Gasteiger partial charge >= 0.3 is 0 Å². The van der Waals surface area contributed by atoms with Gasteiger partial charge in [-0.25, -0.2) is 9.97 Å². The van der Waals surface area contributed by atoms with Gasteiger partial charge in [-0.15, -0.1) is 11.3 Å². The van der Waals surface area contributed by atoms with Crippen molar-refractivity contribution < 1.29 is 4.79 Å². The maximum Gasteiger partial charge on any atom is 0.234 e. The van der Waals surface area contributed by atoms with E-state index in [1.807, 2.05) is 25.1 Å². The van der Waals surface area contributed by atoms with E-state index in [1.54, 1.807) is 17.7 Å². The first kappa shape index (κ1) is 19.9. The van der Waals surface area contributed by atoms with Crippen LogP contribution < -0.4 is 5.32 Å². The monoisotopic (exact) mass is 439 g/mol. The summed E-state index contributed by atoms with van der Waals surface area (Å²) in [6.45, 7) is 3.96. The molecule has 4 aromatic rings. The van der Waals surface area contributed by atoms with Crippen molar-refractivity contribution >= 4 is 56.5 Å². The number of amides is 1. The Kier molecular flexibility index (Phi) is 5.85. The Morgan fingerprint density at radius 3 is 2.72 bits per heavy atom. The molecule has 0 bridgehead atoms. The zero-order chi connectivity index (χ0) is 20.4. The van der Waals surface area contributed by atoms with Gasteiger partial charge in [-0.05, 0) is 37.1 Å². The van der Waals surface area contributed by atoms with Crippen molar-refractivity contribution in [1.29, 1.82) is 0 Å². The van der Waals surface area contributed by atoms with Gasteiger partial charge in [0.15, 0.2) is 0 Å². The molecule has 4 rings (SSSR count). The number of fused-ring (bicyclic) bond motifs is 1. The first-order valence-electron chi connectivity index (χ1n) is 9.00. The van der Waals surface area contributed by atoms with E-state index < -0.39 is 0 Å². The van der Waals surface area contributed by atoms with Crippen molar-refractivity contribution in [3.8, 4) is 11.1 Å². The molecule has 0 atom stereocenters. The van der Waals surface area contributed by atoms with E-state index in [2.05, 4.69) is 51.9 Å². The third-order valence-corrected chi connectivity index (χ3v) is 6.87. The number of rotatable bonds is 5.